The molecule has 2 aromatic carbocycles. The molecule has 0 fully saturated rings. The van der Waals surface area contributed by atoms with E-state index in [0.717, 1.165) is 11.8 Å². The van der Waals surface area contributed by atoms with Crippen LogP contribution in [0.2, 0.25) is 0 Å². The normalized spacial score (nSPS) is 12.9. The molecule has 0 aliphatic heterocycles. The third-order valence-corrected chi connectivity index (χ3v) is 5.12. The predicted molar refractivity (Wildman–Crippen MR) is 96.0 cm³/mol. The summed E-state index contributed by atoms with van der Waals surface area (Å²) in [6, 6.07) is 14.0. The van der Waals surface area contributed by atoms with E-state index in [1.165, 1.54) is 29.8 Å². The van der Waals surface area contributed by atoms with Gasteiger partial charge in [-0.2, -0.15) is 0 Å². The van der Waals surface area contributed by atoms with Gasteiger partial charge in [0, 0.05) is 11.8 Å². The molecular formula is C19H23NO3S. The highest BCUT2D eigenvalue weighted by Crippen LogP contribution is 2.19. The molecule has 128 valence electrons. The largest absolute Gasteiger partial charge is 0.346 e. The summed E-state index contributed by atoms with van der Waals surface area (Å²) in [5.41, 5.74) is 2.72. The van der Waals surface area contributed by atoms with Gasteiger partial charge in [-0.3, -0.25) is 4.79 Å². The minimum Gasteiger partial charge on any atom is -0.346 e. The lowest BCUT2D eigenvalue weighted by atomic mass is 9.99. The fourth-order valence-corrected chi connectivity index (χ4v) is 3.02. The Morgan fingerprint density at radius 2 is 1.38 bits per heavy atom. The molecule has 5 heteroatoms. The first kappa shape index (κ1) is 18.2. The molecular weight excluding hydrogens is 322 g/mol. The highest BCUT2D eigenvalue weighted by molar-refractivity contribution is 7.90. The summed E-state index contributed by atoms with van der Waals surface area (Å²) in [4.78, 5) is 12.5. The number of hydrogen-bond acceptors (Lipinski definition) is 3. The van der Waals surface area contributed by atoms with Crippen molar-refractivity contribution in [3.8, 4) is 0 Å². The Balaban J connectivity index is 2.08. The Morgan fingerprint density at radius 3 is 1.83 bits per heavy atom. The Kier molecular flexibility index (Phi) is 5.44. The van der Waals surface area contributed by atoms with Gasteiger partial charge in [-0.25, -0.2) is 8.42 Å². The highest BCUT2D eigenvalue weighted by Gasteiger charge is 2.13. The Labute approximate surface area is 143 Å². The molecule has 2 rings (SSSR count). The molecule has 0 aliphatic rings. The van der Waals surface area contributed by atoms with Gasteiger partial charge in [0.2, 0.25) is 0 Å². The van der Waals surface area contributed by atoms with Gasteiger partial charge in [0.25, 0.3) is 5.91 Å². The minimum atomic E-state index is -3.25. The van der Waals surface area contributed by atoms with Crippen LogP contribution >= 0.6 is 0 Å². The molecule has 1 unspecified atom stereocenters. The van der Waals surface area contributed by atoms with Crippen molar-refractivity contribution in [3.63, 3.8) is 0 Å². The van der Waals surface area contributed by atoms with Crippen molar-refractivity contribution in [1.29, 1.82) is 0 Å². The fourth-order valence-electron chi connectivity index (χ4n) is 2.39. The average molecular weight is 345 g/mol. The van der Waals surface area contributed by atoms with E-state index in [2.05, 4.69) is 31.3 Å². The first-order valence-electron chi connectivity index (χ1n) is 7.89. The summed E-state index contributed by atoms with van der Waals surface area (Å²) in [5, 5.41) is 2.93. The molecule has 0 aliphatic carbocycles. The van der Waals surface area contributed by atoms with E-state index >= 15 is 0 Å². The molecule has 0 bridgehead atoms. The van der Waals surface area contributed by atoms with Crippen LogP contribution in [-0.4, -0.2) is 20.6 Å². The molecule has 4 nitrogen and oxygen atoms in total. The van der Waals surface area contributed by atoms with Crippen molar-refractivity contribution < 1.29 is 13.2 Å². The second kappa shape index (κ2) is 7.18. The Bertz CT molecular complexity index is 807. The number of benzene rings is 2. The van der Waals surface area contributed by atoms with Crippen molar-refractivity contribution in [2.75, 3.05) is 6.26 Å². The number of sulfone groups is 1. The van der Waals surface area contributed by atoms with Gasteiger partial charge in [0.05, 0.1) is 10.9 Å². The zero-order valence-corrected chi connectivity index (χ0v) is 15.2. The topological polar surface area (TPSA) is 63.2 Å². The molecule has 2 aromatic rings. The van der Waals surface area contributed by atoms with Crippen molar-refractivity contribution in [1.82, 2.24) is 5.32 Å². The second-order valence-electron chi connectivity index (χ2n) is 6.31. The van der Waals surface area contributed by atoms with Crippen LogP contribution in [0.1, 0.15) is 54.2 Å². The van der Waals surface area contributed by atoms with Crippen LogP contribution < -0.4 is 5.32 Å². The number of carbonyl (C=O) groups excluding carboxylic acids is 1. The molecule has 0 saturated carbocycles. The molecule has 24 heavy (non-hydrogen) atoms. The van der Waals surface area contributed by atoms with Gasteiger partial charge < -0.3 is 5.32 Å². The smallest absolute Gasteiger partial charge is 0.251 e. The quantitative estimate of drug-likeness (QED) is 0.898. The standard InChI is InChI=1S/C19H23NO3S/c1-13(2)15-5-7-16(8-6-15)14(3)20-19(21)17-9-11-18(12-10-17)24(4,22)23/h5-14H,1-4H3,(H,20,21). The van der Waals surface area contributed by atoms with Gasteiger partial charge in [-0.1, -0.05) is 38.1 Å². The SMILES string of the molecule is CC(C)c1ccc(C(C)NC(=O)c2ccc(S(C)(=O)=O)cc2)cc1. The lowest BCUT2D eigenvalue weighted by Gasteiger charge is -2.15. The second-order valence-corrected chi connectivity index (χ2v) is 8.33. The lowest BCUT2D eigenvalue weighted by Crippen LogP contribution is -2.26. The predicted octanol–water partition coefficient (Wildman–Crippen LogP) is 3.70. The summed E-state index contributed by atoms with van der Waals surface area (Å²) < 4.78 is 22.9. The summed E-state index contributed by atoms with van der Waals surface area (Å²) in [5.74, 6) is 0.243. The Hall–Kier alpha value is -2.14. The summed E-state index contributed by atoms with van der Waals surface area (Å²) in [6.07, 6.45) is 1.14. The molecule has 0 heterocycles. The average Bonchev–Trinajstić information content (AvgIpc) is 2.54. The van der Waals surface area contributed by atoms with Gasteiger partial charge in [-0.15, -0.1) is 0 Å². The highest BCUT2D eigenvalue weighted by atomic mass is 32.2. The number of nitrogens with one attached hydrogen (secondary N) is 1. The van der Waals surface area contributed by atoms with Gasteiger partial charge in [0.15, 0.2) is 9.84 Å². The number of hydrogen-bond donors (Lipinski definition) is 1. The van der Waals surface area contributed by atoms with Gasteiger partial charge >= 0.3 is 0 Å². The molecule has 0 aromatic heterocycles. The molecule has 1 N–H and O–H groups in total. The van der Waals surface area contributed by atoms with Crippen LogP contribution in [0, 0.1) is 0 Å². The maximum Gasteiger partial charge on any atom is 0.251 e. The fraction of sp³-hybridized carbons (Fsp3) is 0.316. The Morgan fingerprint density at radius 1 is 0.875 bits per heavy atom. The third kappa shape index (κ3) is 4.45. The van der Waals surface area contributed by atoms with E-state index in [0.29, 0.717) is 11.5 Å². The van der Waals surface area contributed by atoms with Crippen LogP contribution in [0.3, 0.4) is 0 Å². The van der Waals surface area contributed by atoms with Crippen molar-refractivity contribution in [2.24, 2.45) is 0 Å². The molecule has 1 atom stereocenters. The zero-order chi connectivity index (χ0) is 17.9. The zero-order valence-electron chi connectivity index (χ0n) is 14.4. The van der Waals surface area contributed by atoms with Crippen molar-refractivity contribution in [2.45, 2.75) is 37.6 Å². The molecule has 1 amide bonds. The van der Waals surface area contributed by atoms with E-state index in [9.17, 15) is 13.2 Å². The van der Waals surface area contributed by atoms with E-state index in [4.69, 9.17) is 0 Å². The van der Waals surface area contributed by atoms with Crippen LogP contribution in [0.15, 0.2) is 53.4 Å². The maximum absolute atomic E-state index is 12.3. The number of carbonyl (C=O) groups is 1. The van der Waals surface area contributed by atoms with Crippen molar-refractivity contribution >= 4 is 15.7 Å². The van der Waals surface area contributed by atoms with E-state index < -0.39 is 9.84 Å². The summed E-state index contributed by atoms with van der Waals surface area (Å²) in [6.45, 7) is 6.20. The van der Waals surface area contributed by atoms with Crippen LogP contribution in [0.4, 0.5) is 0 Å². The van der Waals surface area contributed by atoms with Crippen LogP contribution in [0.5, 0.6) is 0 Å². The molecule has 0 radical (unpaired) electrons. The first-order valence-corrected chi connectivity index (χ1v) is 9.78. The van der Waals surface area contributed by atoms with Crippen LogP contribution in [-0.2, 0) is 9.84 Å². The third-order valence-electron chi connectivity index (χ3n) is 4.00. The van der Waals surface area contributed by atoms with Gasteiger partial charge in [0.1, 0.15) is 0 Å². The van der Waals surface area contributed by atoms with E-state index in [1.54, 1.807) is 0 Å². The van der Waals surface area contributed by atoms with Gasteiger partial charge in [-0.05, 0) is 48.2 Å². The van der Waals surface area contributed by atoms with Crippen LogP contribution in [0.25, 0.3) is 0 Å². The maximum atomic E-state index is 12.3. The number of amides is 1. The molecule has 0 spiro atoms. The van der Waals surface area contributed by atoms with E-state index in [-0.39, 0.29) is 16.8 Å². The summed E-state index contributed by atoms with van der Waals surface area (Å²) in [7, 11) is -3.25. The monoisotopic (exact) mass is 345 g/mol. The number of rotatable bonds is 5. The molecule has 0 saturated heterocycles. The summed E-state index contributed by atoms with van der Waals surface area (Å²) >= 11 is 0. The minimum absolute atomic E-state index is 0.131. The van der Waals surface area contributed by atoms with Crippen molar-refractivity contribution in [3.05, 3.63) is 65.2 Å². The first-order chi connectivity index (χ1) is 11.2. The van der Waals surface area contributed by atoms with E-state index in [1.807, 2.05) is 19.1 Å². The lowest BCUT2D eigenvalue weighted by molar-refractivity contribution is 0.0940.